The number of amides is 1. The highest BCUT2D eigenvalue weighted by molar-refractivity contribution is 6.13. The number of aromatic nitrogens is 2. The molecule has 0 aliphatic carbocycles. The second-order valence-corrected chi connectivity index (χ2v) is 7.24. The molecule has 1 amide bonds. The molecule has 30 heavy (non-hydrogen) atoms. The summed E-state index contributed by atoms with van der Waals surface area (Å²) in [5.41, 5.74) is 5.54. The lowest BCUT2D eigenvalue weighted by molar-refractivity contribution is 0.102. The van der Waals surface area contributed by atoms with Crippen molar-refractivity contribution < 1.29 is 9.53 Å². The fourth-order valence-electron chi connectivity index (χ4n) is 3.82. The van der Waals surface area contributed by atoms with Crippen LogP contribution in [0.15, 0.2) is 66.0 Å². The van der Waals surface area contributed by atoms with Gasteiger partial charge < -0.3 is 15.0 Å². The number of carbonyl (C=O) groups excluding carboxylic acids is 1. The maximum atomic E-state index is 12.8. The van der Waals surface area contributed by atoms with Crippen molar-refractivity contribution in [2.45, 2.75) is 6.42 Å². The molecule has 1 fully saturated rings. The van der Waals surface area contributed by atoms with Crippen LogP contribution in [0.25, 0.3) is 0 Å². The number of nitrogens with zero attached hydrogens (tertiary/aromatic N) is 4. The second kappa shape index (κ2) is 8.04. The third-order valence-corrected chi connectivity index (χ3v) is 5.33. The molecule has 1 saturated heterocycles. The third-order valence-electron chi connectivity index (χ3n) is 5.33. The zero-order valence-corrected chi connectivity index (χ0v) is 16.4. The van der Waals surface area contributed by atoms with E-state index in [2.05, 4.69) is 44.5 Å². The number of carbonyl (C=O) groups is 1. The average Bonchev–Trinajstić information content (AvgIpc) is 3.25. The molecule has 2 aliphatic heterocycles. The molecule has 7 nitrogen and oxygen atoms in total. The molecule has 0 bridgehead atoms. The van der Waals surface area contributed by atoms with Crippen LogP contribution in [0.5, 0.6) is 0 Å². The van der Waals surface area contributed by atoms with Crippen molar-refractivity contribution in [1.82, 2.24) is 9.97 Å². The molecule has 3 aromatic rings. The summed E-state index contributed by atoms with van der Waals surface area (Å²) < 4.78 is 5.46. The summed E-state index contributed by atoms with van der Waals surface area (Å²) in [6.07, 6.45) is 5.33. The first-order valence-corrected chi connectivity index (χ1v) is 9.98. The highest BCUT2D eigenvalue weighted by Crippen LogP contribution is 2.33. The number of ether oxygens (including phenoxy) is 1. The molecule has 0 radical (unpaired) electrons. The van der Waals surface area contributed by atoms with E-state index in [1.165, 1.54) is 11.9 Å². The lowest BCUT2D eigenvalue weighted by Crippen LogP contribution is -2.36. The smallest absolute Gasteiger partial charge is 0.259 e. The zero-order valence-electron chi connectivity index (χ0n) is 16.4. The Balaban J connectivity index is 1.42. The van der Waals surface area contributed by atoms with Crippen LogP contribution in [0.1, 0.15) is 21.5 Å². The summed E-state index contributed by atoms with van der Waals surface area (Å²) >= 11 is 0. The van der Waals surface area contributed by atoms with Gasteiger partial charge in [0.15, 0.2) is 5.82 Å². The van der Waals surface area contributed by atoms with E-state index in [0.717, 1.165) is 48.8 Å². The highest BCUT2D eigenvalue weighted by atomic mass is 16.5. The van der Waals surface area contributed by atoms with E-state index in [1.54, 1.807) is 18.5 Å². The number of nitrogens with one attached hydrogen (secondary N) is 1. The van der Waals surface area contributed by atoms with Crippen molar-refractivity contribution in [2.24, 2.45) is 4.99 Å². The van der Waals surface area contributed by atoms with Gasteiger partial charge in [-0.3, -0.25) is 14.8 Å². The van der Waals surface area contributed by atoms with Gasteiger partial charge >= 0.3 is 0 Å². The fourth-order valence-corrected chi connectivity index (χ4v) is 3.82. The summed E-state index contributed by atoms with van der Waals surface area (Å²) in [5.74, 6) is 0.180. The van der Waals surface area contributed by atoms with Crippen molar-refractivity contribution in [2.75, 3.05) is 36.5 Å². The van der Waals surface area contributed by atoms with Crippen LogP contribution in [-0.2, 0) is 11.2 Å². The maximum absolute atomic E-state index is 12.8. The number of para-hydroxylation sites is 1. The number of anilines is 2. The van der Waals surface area contributed by atoms with Gasteiger partial charge in [-0.2, -0.15) is 0 Å². The molecule has 0 atom stereocenters. The number of aliphatic imine (C=N–C) groups is 1. The van der Waals surface area contributed by atoms with Crippen LogP contribution >= 0.6 is 0 Å². The number of morpholine rings is 1. The summed E-state index contributed by atoms with van der Waals surface area (Å²) in [5, 5.41) is 2.79. The Morgan fingerprint density at radius 2 is 1.93 bits per heavy atom. The molecule has 1 aromatic heterocycles. The monoisotopic (exact) mass is 399 g/mol. The molecule has 1 N–H and O–H groups in total. The number of fused-ring (bicyclic) bond motifs is 1. The molecule has 5 rings (SSSR count). The Morgan fingerprint density at radius 1 is 1.07 bits per heavy atom. The number of rotatable bonds is 4. The van der Waals surface area contributed by atoms with Crippen LogP contribution in [0, 0.1) is 0 Å². The highest BCUT2D eigenvalue weighted by Gasteiger charge is 2.23. The third kappa shape index (κ3) is 3.67. The van der Waals surface area contributed by atoms with Crippen molar-refractivity contribution >= 4 is 28.8 Å². The predicted molar refractivity (Wildman–Crippen MR) is 116 cm³/mol. The fraction of sp³-hybridized carbons (Fsp3) is 0.217. The van der Waals surface area contributed by atoms with Gasteiger partial charge in [0.25, 0.3) is 5.91 Å². The molecule has 150 valence electrons. The maximum Gasteiger partial charge on any atom is 0.259 e. The summed E-state index contributed by atoms with van der Waals surface area (Å²) in [4.78, 5) is 28.1. The van der Waals surface area contributed by atoms with Crippen LogP contribution in [0.3, 0.4) is 0 Å². The van der Waals surface area contributed by atoms with Crippen LogP contribution in [0.4, 0.5) is 17.2 Å². The molecule has 2 aromatic carbocycles. The van der Waals surface area contributed by atoms with E-state index in [9.17, 15) is 4.79 Å². The molecule has 0 unspecified atom stereocenters. The van der Waals surface area contributed by atoms with E-state index in [0.29, 0.717) is 17.8 Å². The molecule has 0 saturated carbocycles. The van der Waals surface area contributed by atoms with E-state index in [4.69, 9.17) is 9.73 Å². The number of hydrogen-bond donors (Lipinski definition) is 1. The molecule has 2 aliphatic rings. The summed E-state index contributed by atoms with van der Waals surface area (Å²) in [7, 11) is 0. The minimum Gasteiger partial charge on any atom is -0.378 e. The minimum absolute atomic E-state index is 0.237. The van der Waals surface area contributed by atoms with Gasteiger partial charge in [-0.05, 0) is 29.3 Å². The van der Waals surface area contributed by atoms with Crippen LogP contribution in [0.2, 0.25) is 0 Å². The van der Waals surface area contributed by atoms with Crippen molar-refractivity contribution in [1.29, 1.82) is 0 Å². The lowest BCUT2D eigenvalue weighted by atomic mass is 10.0. The Morgan fingerprint density at radius 3 is 2.77 bits per heavy atom. The second-order valence-electron chi connectivity index (χ2n) is 7.24. The molecular formula is C23H21N5O2. The first-order valence-electron chi connectivity index (χ1n) is 9.98. The topological polar surface area (TPSA) is 79.7 Å². The van der Waals surface area contributed by atoms with Gasteiger partial charge in [-0.25, -0.2) is 4.98 Å². The van der Waals surface area contributed by atoms with Gasteiger partial charge in [0, 0.05) is 37.6 Å². The summed E-state index contributed by atoms with van der Waals surface area (Å²) in [6.45, 7) is 3.29. The molecule has 0 spiro atoms. The Bertz CT molecular complexity index is 1110. The zero-order chi connectivity index (χ0) is 20.3. The van der Waals surface area contributed by atoms with E-state index in [-0.39, 0.29) is 5.91 Å². The predicted octanol–water partition coefficient (Wildman–Crippen LogP) is 3.24. The molecular weight excluding hydrogens is 378 g/mol. The minimum atomic E-state index is -0.237. The number of benzene rings is 2. The lowest BCUT2D eigenvalue weighted by Gasteiger charge is -2.29. The SMILES string of the molecule is O=C(Nc1cnccn1)c1cccc2c1N=C(c1cccc(N3CCOCC3)c1)C2. The Kier molecular flexibility index (Phi) is 4.94. The van der Waals surface area contributed by atoms with Crippen LogP contribution < -0.4 is 10.2 Å². The normalized spacial score (nSPS) is 15.5. The van der Waals surface area contributed by atoms with Gasteiger partial charge in [0.05, 0.1) is 36.4 Å². The Labute approximate surface area is 174 Å². The summed E-state index contributed by atoms with van der Waals surface area (Å²) in [6, 6.07) is 14.2. The van der Waals surface area contributed by atoms with Crippen LogP contribution in [-0.4, -0.2) is 47.9 Å². The standard InChI is InChI=1S/C23H21N5O2/c29-23(27-21-15-24-7-8-25-21)19-6-2-4-17-14-20(26-22(17)19)16-3-1-5-18(13-16)28-9-11-30-12-10-28/h1-8,13,15H,9-12,14H2,(H,25,27,29). The van der Waals surface area contributed by atoms with Gasteiger partial charge in [0.2, 0.25) is 0 Å². The first kappa shape index (κ1) is 18.4. The largest absolute Gasteiger partial charge is 0.378 e. The molecule has 7 heteroatoms. The van der Waals surface area contributed by atoms with Gasteiger partial charge in [0.1, 0.15) is 0 Å². The van der Waals surface area contributed by atoms with E-state index < -0.39 is 0 Å². The Hall–Kier alpha value is -3.58. The van der Waals surface area contributed by atoms with Crippen molar-refractivity contribution in [3.63, 3.8) is 0 Å². The van der Waals surface area contributed by atoms with Crippen molar-refractivity contribution in [3.05, 3.63) is 77.7 Å². The number of hydrogen-bond acceptors (Lipinski definition) is 6. The van der Waals surface area contributed by atoms with E-state index >= 15 is 0 Å². The van der Waals surface area contributed by atoms with Gasteiger partial charge in [-0.15, -0.1) is 0 Å². The van der Waals surface area contributed by atoms with Gasteiger partial charge in [-0.1, -0.05) is 24.3 Å². The molecule has 3 heterocycles. The van der Waals surface area contributed by atoms with E-state index in [1.807, 2.05) is 12.1 Å². The quantitative estimate of drug-likeness (QED) is 0.729. The first-order chi connectivity index (χ1) is 14.8. The van der Waals surface area contributed by atoms with Crippen molar-refractivity contribution in [3.8, 4) is 0 Å². The average molecular weight is 399 g/mol.